The fourth-order valence-corrected chi connectivity index (χ4v) is 3.40. The lowest BCUT2D eigenvalue weighted by Crippen LogP contribution is -2.27. The number of aryl methyl sites for hydroxylation is 1. The molecule has 1 saturated heterocycles. The minimum absolute atomic E-state index is 0.180. The molecule has 0 radical (unpaired) electrons. The molecular formula is C20H23N7O. The number of hydrogen-bond acceptors (Lipinski definition) is 6. The smallest absolute Gasteiger partial charge is 0.274 e. The van der Waals surface area contributed by atoms with Gasteiger partial charge in [0.15, 0.2) is 5.82 Å². The Morgan fingerprint density at radius 2 is 2.29 bits per heavy atom. The highest BCUT2D eigenvalue weighted by Crippen LogP contribution is 2.21. The quantitative estimate of drug-likeness (QED) is 0.835. The summed E-state index contributed by atoms with van der Waals surface area (Å²) in [7, 11) is 1.89. The first-order valence-corrected chi connectivity index (χ1v) is 9.30. The molecule has 8 nitrogen and oxygen atoms in total. The molecular weight excluding hydrogens is 354 g/mol. The molecule has 1 aliphatic heterocycles. The molecule has 2 aromatic rings. The van der Waals surface area contributed by atoms with Crippen molar-refractivity contribution in [2.24, 2.45) is 12.8 Å². The number of hydrogen-bond donors (Lipinski definition) is 2. The van der Waals surface area contributed by atoms with Gasteiger partial charge < -0.3 is 20.5 Å². The van der Waals surface area contributed by atoms with Gasteiger partial charge in [-0.3, -0.25) is 9.78 Å². The van der Waals surface area contributed by atoms with Crippen LogP contribution in [0, 0.1) is 0 Å². The molecule has 1 fully saturated rings. The van der Waals surface area contributed by atoms with E-state index in [2.05, 4.69) is 25.4 Å². The third-order valence-electron chi connectivity index (χ3n) is 4.89. The molecule has 8 heteroatoms. The molecule has 4 rings (SSSR count). The SMILES string of the molecule is Cn1cnnc1C1=CC=CCC(NC(=O)c2cc(N3CCC(N)C3)ccn2)=C1. The Bertz CT molecular complexity index is 972. The van der Waals surface area contributed by atoms with Crippen LogP contribution in [0.15, 0.2) is 54.7 Å². The van der Waals surface area contributed by atoms with E-state index in [1.54, 1.807) is 12.5 Å². The van der Waals surface area contributed by atoms with Crippen LogP contribution in [-0.2, 0) is 7.05 Å². The van der Waals surface area contributed by atoms with Gasteiger partial charge in [-0.1, -0.05) is 18.2 Å². The number of nitrogens with two attached hydrogens (primary N) is 1. The maximum Gasteiger partial charge on any atom is 0.274 e. The number of nitrogens with one attached hydrogen (secondary N) is 1. The number of nitrogens with zero attached hydrogens (tertiary/aromatic N) is 5. The molecule has 1 atom stereocenters. The van der Waals surface area contributed by atoms with Gasteiger partial charge in [0.2, 0.25) is 0 Å². The lowest BCUT2D eigenvalue weighted by Gasteiger charge is -2.18. The van der Waals surface area contributed by atoms with Crippen molar-refractivity contribution in [2.75, 3.05) is 18.0 Å². The Balaban J connectivity index is 1.52. The molecule has 144 valence electrons. The Labute approximate surface area is 163 Å². The molecule has 1 amide bonds. The summed E-state index contributed by atoms with van der Waals surface area (Å²) in [5.74, 6) is 0.507. The fraction of sp³-hybridized carbons (Fsp3) is 0.300. The van der Waals surface area contributed by atoms with E-state index in [4.69, 9.17) is 5.73 Å². The van der Waals surface area contributed by atoms with Crippen molar-refractivity contribution in [1.29, 1.82) is 0 Å². The van der Waals surface area contributed by atoms with Crippen molar-refractivity contribution in [3.63, 3.8) is 0 Å². The second-order valence-electron chi connectivity index (χ2n) is 7.04. The van der Waals surface area contributed by atoms with Gasteiger partial charge >= 0.3 is 0 Å². The van der Waals surface area contributed by atoms with E-state index in [1.807, 2.05) is 48.1 Å². The monoisotopic (exact) mass is 377 g/mol. The summed E-state index contributed by atoms with van der Waals surface area (Å²) in [6, 6.07) is 3.91. The predicted molar refractivity (Wildman–Crippen MR) is 107 cm³/mol. The van der Waals surface area contributed by atoms with Crippen LogP contribution in [0.3, 0.4) is 0 Å². The number of aromatic nitrogens is 4. The van der Waals surface area contributed by atoms with Crippen LogP contribution < -0.4 is 16.0 Å². The summed E-state index contributed by atoms with van der Waals surface area (Å²) in [5.41, 5.74) is 9.02. The fourth-order valence-electron chi connectivity index (χ4n) is 3.40. The highest BCUT2D eigenvalue weighted by Gasteiger charge is 2.20. The van der Waals surface area contributed by atoms with Crippen LogP contribution in [0.2, 0.25) is 0 Å². The van der Waals surface area contributed by atoms with Crippen molar-refractivity contribution >= 4 is 17.2 Å². The van der Waals surface area contributed by atoms with Crippen LogP contribution in [0.5, 0.6) is 0 Å². The average Bonchev–Trinajstić information content (AvgIpc) is 3.25. The minimum Gasteiger partial charge on any atom is -0.370 e. The number of carbonyl (C=O) groups excluding carboxylic acids is 1. The zero-order valence-electron chi connectivity index (χ0n) is 15.7. The average molecular weight is 377 g/mol. The predicted octanol–water partition coefficient (Wildman–Crippen LogP) is 1.40. The van der Waals surface area contributed by atoms with Gasteiger partial charge in [-0.2, -0.15) is 0 Å². The van der Waals surface area contributed by atoms with Gasteiger partial charge in [-0.05, 0) is 24.6 Å². The summed E-state index contributed by atoms with van der Waals surface area (Å²) in [6.07, 6.45) is 12.7. The van der Waals surface area contributed by atoms with Crippen molar-refractivity contribution in [2.45, 2.75) is 18.9 Å². The summed E-state index contributed by atoms with van der Waals surface area (Å²) >= 11 is 0. The first-order chi connectivity index (χ1) is 13.6. The molecule has 1 aliphatic carbocycles. The number of allylic oxidation sites excluding steroid dienone is 5. The second-order valence-corrected chi connectivity index (χ2v) is 7.04. The topological polar surface area (TPSA) is 102 Å². The Morgan fingerprint density at radius 3 is 3.04 bits per heavy atom. The zero-order chi connectivity index (χ0) is 19.5. The Morgan fingerprint density at radius 1 is 1.39 bits per heavy atom. The highest BCUT2D eigenvalue weighted by molar-refractivity contribution is 5.94. The van der Waals surface area contributed by atoms with Crippen molar-refractivity contribution < 1.29 is 4.79 Å². The standard InChI is InChI=1S/C20H23N7O/c1-26-13-23-25-19(26)14-4-2-3-5-16(10-14)24-20(28)18-11-17(6-8-22-18)27-9-7-15(21)12-27/h2-4,6,8,10-11,13,15H,5,7,9,12,21H2,1H3,(H,24,28). The number of rotatable bonds is 4. The second kappa shape index (κ2) is 7.77. The number of carbonyl (C=O) groups is 1. The minimum atomic E-state index is -0.232. The molecule has 1 unspecified atom stereocenters. The molecule has 0 aromatic carbocycles. The number of amides is 1. The van der Waals surface area contributed by atoms with Crippen LogP contribution in [0.4, 0.5) is 5.69 Å². The highest BCUT2D eigenvalue weighted by atomic mass is 16.1. The molecule has 0 bridgehead atoms. The van der Waals surface area contributed by atoms with Gasteiger partial charge in [-0.25, -0.2) is 0 Å². The maximum absolute atomic E-state index is 12.8. The van der Waals surface area contributed by atoms with Crippen LogP contribution in [0.25, 0.3) is 5.57 Å². The number of anilines is 1. The van der Waals surface area contributed by atoms with Crippen molar-refractivity contribution in [3.05, 3.63) is 66.2 Å². The summed E-state index contributed by atoms with van der Waals surface area (Å²) in [4.78, 5) is 19.2. The van der Waals surface area contributed by atoms with E-state index < -0.39 is 0 Å². The third kappa shape index (κ3) is 3.86. The van der Waals surface area contributed by atoms with E-state index in [0.29, 0.717) is 12.1 Å². The maximum atomic E-state index is 12.8. The van der Waals surface area contributed by atoms with E-state index >= 15 is 0 Å². The molecule has 2 aromatic heterocycles. The first kappa shape index (κ1) is 18.1. The summed E-state index contributed by atoms with van der Waals surface area (Å²) in [5, 5.41) is 11.0. The summed E-state index contributed by atoms with van der Waals surface area (Å²) < 4.78 is 1.84. The van der Waals surface area contributed by atoms with Gasteiger partial charge in [0.25, 0.3) is 5.91 Å². The van der Waals surface area contributed by atoms with Crippen molar-refractivity contribution in [1.82, 2.24) is 25.1 Å². The molecule has 0 spiro atoms. The van der Waals surface area contributed by atoms with Gasteiger partial charge in [0.05, 0.1) is 0 Å². The largest absolute Gasteiger partial charge is 0.370 e. The Hall–Kier alpha value is -3.26. The molecule has 28 heavy (non-hydrogen) atoms. The third-order valence-corrected chi connectivity index (χ3v) is 4.89. The van der Waals surface area contributed by atoms with E-state index in [0.717, 1.165) is 42.3 Å². The Kier molecular flexibility index (Phi) is 5.03. The summed E-state index contributed by atoms with van der Waals surface area (Å²) in [6.45, 7) is 1.70. The number of pyridine rings is 1. The lowest BCUT2D eigenvalue weighted by atomic mass is 10.2. The van der Waals surface area contributed by atoms with Crippen LogP contribution in [0.1, 0.15) is 29.2 Å². The molecule has 0 saturated carbocycles. The van der Waals surface area contributed by atoms with Crippen LogP contribution >= 0.6 is 0 Å². The lowest BCUT2D eigenvalue weighted by molar-refractivity contribution is 0.0960. The zero-order valence-corrected chi connectivity index (χ0v) is 15.7. The van der Waals surface area contributed by atoms with E-state index in [1.165, 1.54) is 0 Å². The van der Waals surface area contributed by atoms with Gasteiger partial charge in [0.1, 0.15) is 12.0 Å². The molecule has 3 N–H and O–H groups in total. The van der Waals surface area contributed by atoms with Gasteiger partial charge in [0, 0.05) is 55.8 Å². The molecule has 2 aliphatic rings. The van der Waals surface area contributed by atoms with Gasteiger partial charge in [-0.15, -0.1) is 10.2 Å². The van der Waals surface area contributed by atoms with Crippen LogP contribution in [-0.4, -0.2) is 44.8 Å². The normalized spacial score (nSPS) is 19.2. The van der Waals surface area contributed by atoms with E-state index in [-0.39, 0.29) is 11.9 Å². The first-order valence-electron chi connectivity index (χ1n) is 9.30. The van der Waals surface area contributed by atoms with Crippen molar-refractivity contribution in [3.8, 4) is 0 Å². The molecule has 3 heterocycles. The van der Waals surface area contributed by atoms with E-state index in [9.17, 15) is 4.79 Å².